The highest BCUT2D eigenvalue weighted by atomic mass is 16.1. The average molecular weight is 291 g/mol. The van der Waals surface area contributed by atoms with E-state index in [1.807, 2.05) is 32.2 Å². The number of Topliss-reactive ketones (excluding diaryl/α,β-unsaturated/α-hetero) is 1. The lowest BCUT2D eigenvalue weighted by molar-refractivity contribution is 0.0995. The van der Waals surface area contributed by atoms with Crippen LogP contribution in [-0.2, 0) is 13.5 Å². The number of carbonyl (C=O) groups is 1. The van der Waals surface area contributed by atoms with E-state index in [9.17, 15) is 4.79 Å². The third-order valence-corrected chi connectivity index (χ3v) is 4.52. The van der Waals surface area contributed by atoms with Gasteiger partial charge in [-0.15, -0.1) is 0 Å². The lowest BCUT2D eigenvalue weighted by Gasteiger charge is -2.15. The van der Waals surface area contributed by atoms with Gasteiger partial charge in [-0.05, 0) is 18.6 Å². The first-order chi connectivity index (χ1) is 10.7. The third-order valence-electron chi connectivity index (χ3n) is 4.52. The van der Waals surface area contributed by atoms with Crippen LogP contribution in [0.5, 0.6) is 0 Å². The molecule has 1 aromatic carbocycles. The smallest absolute Gasteiger partial charge is 0.169 e. The number of para-hydroxylation sites is 1. The van der Waals surface area contributed by atoms with Gasteiger partial charge in [-0.25, -0.2) is 4.98 Å². The zero-order valence-electron chi connectivity index (χ0n) is 12.7. The SMILES string of the molecule is Cc1[nH]cnc1CC1=CCC(=O)c2c1n(C)c1ccccc21. The maximum absolute atomic E-state index is 12.4. The normalized spacial score (nSPS) is 14.3. The predicted molar refractivity (Wildman–Crippen MR) is 86.9 cm³/mol. The Morgan fingerprint density at radius 1 is 1.32 bits per heavy atom. The van der Waals surface area contributed by atoms with Crippen molar-refractivity contribution >= 4 is 22.3 Å². The number of nitrogens with one attached hydrogen (secondary N) is 1. The highest BCUT2D eigenvalue weighted by Gasteiger charge is 2.26. The Morgan fingerprint density at radius 3 is 2.91 bits per heavy atom. The fourth-order valence-corrected chi connectivity index (χ4v) is 3.37. The van der Waals surface area contributed by atoms with Gasteiger partial charge in [-0.2, -0.15) is 0 Å². The van der Waals surface area contributed by atoms with Crippen LogP contribution in [0.4, 0.5) is 0 Å². The number of imidazole rings is 1. The quantitative estimate of drug-likeness (QED) is 0.786. The molecule has 4 heteroatoms. The molecular weight excluding hydrogens is 274 g/mol. The van der Waals surface area contributed by atoms with E-state index >= 15 is 0 Å². The molecule has 0 unspecified atom stereocenters. The molecule has 0 radical (unpaired) electrons. The molecule has 0 fully saturated rings. The maximum Gasteiger partial charge on any atom is 0.169 e. The number of rotatable bonds is 2. The van der Waals surface area contributed by atoms with Gasteiger partial charge in [0.2, 0.25) is 0 Å². The second-order valence-electron chi connectivity index (χ2n) is 5.81. The molecule has 1 aliphatic rings. The topological polar surface area (TPSA) is 50.7 Å². The third kappa shape index (κ3) is 1.77. The highest BCUT2D eigenvalue weighted by molar-refractivity contribution is 6.14. The molecule has 2 aromatic heterocycles. The maximum atomic E-state index is 12.4. The van der Waals surface area contributed by atoms with E-state index in [0.29, 0.717) is 6.42 Å². The van der Waals surface area contributed by atoms with E-state index in [1.54, 1.807) is 6.33 Å². The first-order valence-electron chi connectivity index (χ1n) is 7.45. The van der Waals surface area contributed by atoms with Crippen molar-refractivity contribution in [2.45, 2.75) is 19.8 Å². The molecule has 0 bridgehead atoms. The molecule has 22 heavy (non-hydrogen) atoms. The Hall–Kier alpha value is -2.62. The number of aromatic amines is 1. The van der Waals surface area contributed by atoms with Crippen LogP contribution < -0.4 is 0 Å². The molecule has 4 rings (SSSR count). The van der Waals surface area contributed by atoms with Crippen LogP contribution in [0, 0.1) is 6.92 Å². The number of allylic oxidation sites excluding steroid dienone is 2. The van der Waals surface area contributed by atoms with Crippen molar-refractivity contribution in [3.63, 3.8) is 0 Å². The summed E-state index contributed by atoms with van der Waals surface area (Å²) in [5.74, 6) is 0.203. The van der Waals surface area contributed by atoms with Gasteiger partial charge in [-0.3, -0.25) is 4.79 Å². The van der Waals surface area contributed by atoms with Crippen molar-refractivity contribution in [1.29, 1.82) is 0 Å². The summed E-state index contributed by atoms with van der Waals surface area (Å²) in [7, 11) is 2.03. The van der Waals surface area contributed by atoms with Gasteiger partial charge in [0, 0.05) is 36.5 Å². The molecule has 0 aliphatic heterocycles. The van der Waals surface area contributed by atoms with Crippen molar-refractivity contribution in [3.8, 4) is 0 Å². The second-order valence-corrected chi connectivity index (χ2v) is 5.81. The number of carbonyl (C=O) groups excluding carboxylic acids is 1. The van der Waals surface area contributed by atoms with E-state index in [-0.39, 0.29) is 5.78 Å². The van der Waals surface area contributed by atoms with E-state index in [1.165, 1.54) is 5.57 Å². The van der Waals surface area contributed by atoms with E-state index in [2.05, 4.69) is 26.7 Å². The Morgan fingerprint density at radius 2 is 2.14 bits per heavy atom. The summed E-state index contributed by atoms with van der Waals surface area (Å²) in [5.41, 5.74) is 6.31. The molecule has 3 aromatic rings. The zero-order chi connectivity index (χ0) is 15.3. The number of H-pyrrole nitrogens is 1. The van der Waals surface area contributed by atoms with Gasteiger partial charge in [0.05, 0.1) is 23.3 Å². The Kier molecular flexibility index (Phi) is 2.79. The number of aromatic nitrogens is 3. The summed E-state index contributed by atoms with van der Waals surface area (Å²) >= 11 is 0. The molecule has 2 heterocycles. The van der Waals surface area contributed by atoms with Crippen LogP contribution in [-0.4, -0.2) is 20.3 Å². The van der Waals surface area contributed by atoms with Crippen LogP contribution in [0.25, 0.3) is 16.5 Å². The van der Waals surface area contributed by atoms with Crippen molar-refractivity contribution in [2.24, 2.45) is 7.05 Å². The molecule has 1 N–H and O–H groups in total. The average Bonchev–Trinajstić information content (AvgIpc) is 3.06. The lowest BCUT2D eigenvalue weighted by Crippen LogP contribution is -2.11. The number of aryl methyl sites for hydroxylation is 2. The highest BCUT2D eigenvalue weighted by Crippen LogP contribution is 2.36. The summed E-state index contributed by atoms with van der Waals surface area (Å²) < 4.78 is 2.13. The Bertz CT molecular complexity index is 927. The minimum absolute atomic E-state index is 0.203. The van der Waals surface area contributed by atoms with Crippen molar-refractivity contribution in [1.82, 2.24) is 14.5 Å². The van der Waals surface area contributed by atoms with Crippen LogP contribution in [0.3, 0.4) is 0 Å². The number of nitrogens with zero attached hydrogens (tertiary/aromatic N) is 2. The van der Waals surface area contributed by atoms with Gasteiger partial charge < -0.3 is 9.55 Å². The van der Waals surface area contributed by atoms with Gasteiger partial charge in [0.15, 0.2) is 5.78 Å². The second kappa shape index (κ2) is 4.70. The van der Waals surface area contributed by atoms with E-state index in [4.69, 9.17) is 0 Å². The largest absolute Gasteiger partial charge is 0.348 e. The molecule has 0 amide bonds. The fourth-order valence-electron chi connectivity index (χ4n) is 3.37. The van der Waals surface area contributed by atoms with Crippen LogP contribution >= 0.6 is 0 Å². The van der Waals surface area contributed by atoms with Crippen LogP contribution in [0.15, 0.2) is 36.7 Å². The standard InChI is InChI=1S/C18H17N3O/c1-11-14(20-10-19-11)9-12-7-8-16(22)17-13-5-3-4-6-15(13)21(2)18(12)17/h3-7,10H,8-9H2,1-2H3,(H,19,20). The van der Waals surface area contributed by atoms with Gasteiger partial charge in [0.25, 0.3) is 0 Å². The number of fused-ring (bicyclic) bond motifs is 3. The monoisotopic (exact) mass is 291 g/mol. The molecule has 0 saturated heterocycles. The fraction of sp³-hybridized carbons (Fsp3) is 0.222. The van der Waals surface area contributed by atoms with Crippen LogP contribution in [0.1, 0.15) is 33.9 Å². The number of hydrogen-bond acceptors (Lipinski definition) is 2. The van der Waals surface area contributed by atoms with Crippen molar-refractivity contribution < 1.29 is 4.79 Å². The molecule has 0 atom stereocenters. The summed E-state index contributed by atoms with van der Waals surface area (Å²) in [5, 5.41) is 1.05. The Balaban J connectivity index is 1.92. The van der Waals surface area contributed by atoms with Crippen molar-refractivity contribution in [3.05, 3.63) is 59.3 Å². The number of hydrogen-bond donors (Lipinski definition) is 1. The molecule has 110 valence electrons. The molecule has 4 nitrogen and oxygen atoms in total. The first kappa shape index (κ1) is 13.1. The van der Waals surface area contributed by atoms with Gasteiger partial charge in [0.1, 0.15) is 0 Å². The molecule has 1 aliphatic carbocycles. The summed E-state index contributed by atoms with van der Waals surface area (Å²) in [4.78, 5) is 20.0. The molecule has 0 saturated carbocycles. The minimum atomic E-state index is 0.203. The first-order valence-corrected chi connectivity index (χ1v) is 7.45. The van der Waals surface area contributed by atoms with Crippen LogP contribution in [0.2, 0.25) is 0 Å². The minimum Gasteiger partial charge on any atom is -0.348 e. The van der Waals surface area contributed by atoms with Gasteiger partial charge in [-0.1, -0.05) is 24.3 Å². The Labute approximate surface area is 128 Å². The predicted octanol–water partition coefficient (Wildman–Crippen LogP) is 3.42. The van der Waals surface area contributed by atoms with E-state index in [0.717, 1.165) is 40.0 Å². The summed E-state index contributed by atoms with van der Waals surface area (Å²) in [6, 6.07) is 8.11. The number of benzene rings is 1. The van der Waals surface area contributed by atoms with Gasteiger partial charge >= 0.3 is 0 Å². The lowest BCUT2D eigenvalue weighted by atomic mass is 9.91. The molecular formula is C18H17N3O. The molecule has 0 spiro atoms. The van der Waals surface area contributed by atoms with E-state index < -0.39 is 0 Å². The zero-order valence-corrected chi connectivity index (χ0v) is 12.7. The summed E-state index contributed by atoms with van der Waals surface area (Å²) in [6.45, 7) is 2.03. The number of ketones is 1. The summed E-state index contributed by atoms with van der Waals surface area (Å²) in [6.07, 6.45) is 5.00. The van der Waals surface area contributed by atoms with Crippen molar-refractivity contribution in [2.75, 3.05) is 0 Å².